The van der Waals surface area contributed by atoms with Gasteiger partial charge in [-0.05, 0) is 53.0 Å². The minimum atomic E-state index is -0.258. The molecular formula is C15H26N2OS. The van der Waals surface area contributed by atoms with Crippen molar-refractivity contribution in [2.75, 3.05) is 13.2 Å². The van der Waals surface area contributed by atoms with Crippen LogP contribution in [0.15, 0.2) is 0 Å². The lowest BCUT2D eigenvalue weighted by Crippen LogP contribution is -2.24. The molecule has 19 heavy (non-hydrogen) atoms. The molecule has 4 heteroatoms. The molecule has 1 aliphatic rings. The molecule has 1 heterocycles. The largest absolute Gasteiger partial charge is 0.369 e. The van der Waals surface area contributed by atoms with Crippen LogP contribution in [0.25, 0.3) is 0 Å². The molecule has 1 aromatic heterocycles. The maximum absolute atomic E-state index is 5.84. The van der Waals surface area contributed by atoms with Gasteiger partial charge in [0.15, 0.2) is 0 Å². The van der Waals surface area contributed by atoms with E-state index in [1.165, 1.54) is 29.8 Å². The van der Waals surface area contributed by atoms with Crippen molar-refractivity contribution in [1.29, 1.82) is 0 Å². The fraction of sp³-hybridized carbons (Fsp3) is 0.800. The van der Waals surface area contributed by atoms with Gasteiger partial charge in [-0.1, -0.05) is 6.92 Å². The molecule has 1 unspecified atom stereocenters. The summed E-state index contributed by atoms with van der Waals surface area (Å²) < 4.78 is 5.84. The Labute approximate surface area is 120 Å². The number of thiazole rings is 1. The van der Waals surface area contributed by atoms with Gasteiger partial charge in [-0.15, -0.1) is 11.3 Å². The smallest absolute Gasteiger partial charge is 0.125 e. The average Bonchev–Trinajstić information content (AvgIpc) is 2.81. The van der Waals surface area contributed by atoms with Gasteiger partial charge in [-0.25, -0.2) is 4.98 Å². The van der Waals surface area contributed by atoms with E-state index in [1.807, 2.05) is 18.3 Å². The minimum absolute atomic E-state index is 0.258. The van der Waals surface area contributed by atoms with E-state index in [0.717, 1.165) is 24.6 Å². The lowest BCUT2D eigenvalue weighted by molar-refractivity contribution is -0.0142. The van der Waals surface area contributed by atoms with E-state index in [1.54, 1.807) is 0 Å². The number of hydrogen-bond acceptors (Lipinski definition) is 4. The maximum atomic E-state index is 5.84. The van der Waals surface area contributed by atoms with E-state index in [9.17, 15) is 0 Å². The molecule has 0 bridgehead atoms. The molecule has 1 atom stereocenters. The lowest BCUT2D eigenvalue weighted by Gasteiger charge is -2.22. The van der Waals surface area contributed by atoms with Crippen molar-refractivity contribution in [2.24, 2.45) is 0 Å². The molecule has 0 radical (unpaired) electrons. The van der Waals surface area contributed by atoms with Gasteiger partial charge in [0.2, 0.25) is 0 Å². The first kappa shape index (κ1) is 14.9. The fourth-order valence-electron chi connectivity index (χ4n) is 2.61. The highest BCUT2D eigenvalue weighted by atomic mass is 32.1. The Morgan fingerprint density at radius 1 is 1.42 bits per heavy atom. The number of ether oxygens (including phenoxy) is 1. The Kier molecular flexibility index (Phi) is 4.98. The van der Waals surface area contributed by atoms with E-state index in [4.69, 9.17) is 9.72 Å². The average molecular weight is 282 g/mol. The van der Waals surface area contributed by atoms with Crippen molar-refractivity contribution in [3.63, 3.8) is 0 Å². The Balaban J connectivity index is 2.20. The zero-order valence-electron chi connectivity index (χ0n) is 12.6. The number of nitrogens with one attached hydrogen (secondary N) is 1. The van der Waals surface area contributed by atoms with Gasteiger partial charge in [-0.3, -0.25) is 0 Å². The highest BCUT2D eigenvalue weighted by molar-refractivity contribution is 7.12. The van der Waals surface area contributed by atoms with Gasteiger partial charge in [0, 0.05) is 17.5 Å². The molecule has 0 aliphatic heterocycles. The van der Waals surface area contributed by atoms with Crippen LogP contribution in [0.1, 0.15) is 68.6 Å². The summed E-state index contributed by atoms with van der Waals surface area (Å²) in [6, 6.07) is 0.507. The number of aromatic nitrogens is 1. The van der Waals surface area contributed by atoms with Crippen LogP contribution >= 0.6 is 11.3 Å². The summed E-state index contributed by atoms with van der Waals surface area (Å²) in [6.07, 6.45) is 4.79. The van der Waals surface area contributed by atoms with Crippen LogP contribution in [-0.2, 0) is 16.8 Å². The lowest BCUT2D eigenvalue weighted by atomic mass is 9.98. The first-order valence-corrected chi connectivity index (χ1v) is 8.27. The minimum Gasteiger partial charge on any atom is -0.369 e. The maximum Gasteiger partial charge on any atom is 0.125 e. The van der Waals surface area contributed by atoms with Crippen LogP contribution in [0.5, 0.6) is 0 Å². The Bertz CT molecular complexity index is 414. The van der Waals surface area contributed by atoms with Gasteiger partial charge >= 0.3 is 0 Å². The van der Waals surface area contributed by atoms with Crippen molar-refractivity contribution < 1.29 is 4.74 Å². The van der Waals surface area contributed by atoms with E-state index < -0.39 is 0 Å². The second kappa shape index (κ2) is 6.33. The highest BCUT2D eigenvalue weighted by Crippen LogP contribution is 2.38. The zero-order valence-corrected chi connectivity index (χ0v) is 13.4. The molecule has 1 aromatic rings. The zero-order chi connectivity index (χ0) is 13.9. The number of hydrogen-bond donors (Lipinski definition) is 1. The first-order valence-electron chi connectivity index (χ1n) is 7.46. The molecule has 0 saturated carbocycles. The molecule has 0 spiro atoms. The standard InChI is InChI=1S/C15H26N2OS/c1-5-10-16-11-8-7-9-12-13(11)19-14(17-12)15(3,4)18-6-2/h11,16H,5-10H2,1-4H3. The predicted molar refractivity (Wildman–Crippen MR) is 80.7 cm³/mol. The van der Waals surface area contributed by atoms with Crippen LogP contribution in [0.2, 0.25) is 0 Å². The van der Waals surface area contributed by atoms with Crippen LogP contribution < -0.4 is 5.32 Å². The summed E-state index contributed by atoms with van der Waals surface area (Å²) >= 11 is 1.84. The third kappa shape index (κ3) is 3.36. The van der Waals surface area contributed by atoms with E-state index in [2.05, 4.69) is 26.1 Å². The van der Waals surface area contributed by atoms with E-state index in [0.29, 0.717) is 6.04 Å². The van der Waals surface area contributed by atoms with Gasteiger partial charge in [-0.2, -0.15) is 0 Å². The molecule has 0 saturated heterocycles. The van der Waals surface area contributed by atoms with Crippen molar-refractivity contribution >= 4 is 11.3 Å². The number of rotatable bonds is 6. The molecular weight excluding hydrogens is 256 g/mol. The second-order valence-corrected chi connectivity index (χ2v) is 6.70. The third-order valence-electron chi connectivity index (χ3n) is 3.61. The Hall–Kier alpha value is -0.450. The summed E-state index contributed by atoms with van der Waals surface area (Å²) in [7, 11) is 0. The van der Waals surface area contributed by atoms with Gasteiger partial charge in [0.05, 0.1) is 5.69 Å². The van der Waals surface area contributed by atoms with Crippen molar-refractivity contribution in [2.45, 2.75) is 65.0 Å². The molecule has 0 aromatic carbocycles. The van der Waals surface area contributed by atoms with Crippen molar-refractivity contribution in [1.82, 2.24) is 10.3 Å². The number of nitrogens with zero attached hydrogens (tertiary/aromatic N) is 1. The molecule has 0 fully saturated rings. The Morgan fingerprint density at radius 2 is 2.21 bits per heavy atom. The normalized spacial score (nSPS) is 19.5. The SMILES string of the molecule is CCCNC1CCCc2nc(C(C)(C)OCC)sc21. The van der Waals surface area contributed by atoms with Crippen LogP contribution in [0.4, 0.5) is 0 Å². The quantitative estimate of drug-likeness (QED) is 0.862. The summed E-state index contributed by atoms with van der Waals surface area (Å²) in [5.74, 6) is 0. The van der Waals surface area contributed by atoms with Crippen LogP contribution in [-0.4, -0.2) is 18.1 Å². The highest BCUT2D eigenvalue weighted by Gasteiger charge is 2.30. The first-order chi connectivity index (χ1) is 9.08. The number of fused-ring (bicyclic) bond motifs is 1. The molecule has 3 nitrogen and oxygen atoms in total. The second-order valence-electron chi connectivity index (χ2n) is 5.67. The van der Waals surface area contributed by atoms with Crippen LogP contribution in [0.3, 0.4) is 0 Å². The van der Waals surface area contributed by atoms with Gasteiger partial charge < -0.3 is 10.1 Å². The summed E-state index contributed by atoms with van der Waals surface area (Å²) in [5.41, 5.74) is 1.04. The molecule has 2 rings (SSSR count). The summed E-state index contributed by atoms with van der Waals surface area (Å²) in [5, 5.41) is 4.78. The molecule has 108 valence electrons. The van der Waals surface area contributed by atoms with E-state index in [-0.39, 0.29) is 5.60 Å². The van der Waals surface area contributed by atoms with Gasteiger partial charge in [0.1, 0.15) is 10.6 Å². The van der Waals surface area contributed by atoms with Crippen molar-refractivity contribution in [3.05, 3.63) is 15.6 Å². The van der Waals surface area contributed by atoms with E-state index >= 15 is 0 Å². The monoisotopic (exact) mass is 282 g/mol. The molecule has 0 amide bonds. The molecule has 1 aliphatic carbocycles. The number of aryl methyl sites for hydroxylation is 1. The predicted octanol–water partition coefficient (Wildman–Crippen LogP) is 3.79. The van der Waals surface area contributed by atoms with Crippen LogP contribution in [0, 0.1) is 0 Å². The third-order valence-corrected chi connectivity index (χ3v) is 5.13. The van der Waals surface area contributed by atoms with Gasteiger partial charge in [0.25, 0.3) is 0 Å². The summed E-state index contributed by atoms with van der Waals surface area (Å²) in [6.45, 7) is 10.3. The van der Waals surface area contributed by atoms with Crippen molar-refractivity contribution in [3.8, 4) is 0 Å². The topological polar surface area (TPSA) is 34.2 Å². The Morgan fingerprint density at radius 3 is 2.89 bits per heavy atom. The summed E-state index contributed by atoms with van der Waals surface area (Å²) in [4.78, 5) is 6.30. The fourth-order valence-corrected chi connectivity index (χ4v) is 3.89. The molecule has 1 N–H and O–H groups in total.